The molecule has 1 aromatic rings. The van der Waals surface area contributed by atoms with E-state index in [4.69, 9.17) is 11.6 Å². The first-order valence-corrected chi connectivity index (χ1v) is 7.39. The van der Waals surface area contributed by atoms with Gasteiger partial charge in [-0.1, -0.05) is 35.4 Å². The van der Waals surface area contributed by atoms with E-state index in [-0.39, 0.29) is 12.3 Å². The Labute approximate surface area is 128 Å². The van der Waals surface area contributed by atoms with Crippen molar-refractivity contribution < 1.29 is 14.7 Å². The zero-order valence-electron chi connectivity index (χ0n) is 11.6. The van der Waals surface area contributed by atoms with Crippen molar-refractivity contribution in [2.24, 2.45) is 0 Å². The number of halogens is 1. The topological polar surface area (TPSA) is 66.4 Å². The number of carboxylic acids is 1. The van der Waals surface area contributed by atoms with Gasteiger partial charge >= 0.3 is 5.97 Å². The van der Waals surface area contributed by atoms with Gasteiger partial charge in [-0.25, -0.2) is 4.79 Å². The van der Waals surface area contributed by atoms with E-state index in [9.17, 15) is 14.7 Å². The number of hydrogen-bond acceptors (Lipinski definition) is 2. The first-order valence-electron chi connectivity index (χ1n) is 7.02. The summed E-state index contributed by atoms with van der Waals surface area (Å²) in [7, 11) is 0. The van der Waals surface area contributed by atoms with E-state index in [1.807, 2.05) is 0 Å². The molecule has 1 amide bonds. The fraction of sp³-hybridized carbons (Fsp3) is 0.375. The second kappa shape index (κ2) is 7.27. The van der Waals surface area contributed by atoms with Crippen molar-refractivity contribution in [1.82, 2.24) is 5.32 Å². The summed E-state index contributed by atoms with van der Waals surface area (Å²) in [6.45, 7) is 0. The van der Waals surface area contributed by atoms with E-state index in [0.29, 0.717) is 10.6 Å². The molecule has 1 aliphatic rings. The summed E-state index contributed by atoms with van der Waals surface area (Å²) in [5.41, 5.74) is 1.61. The lowest BCUT2D eigenvalue weighted by Gasteiger charge is -2.17. The lowest BCUT2D eigenvalue weighted by atomic mass is 9.97. The number of carbonyl (C=O) groups excluding carboxylic acids is 1. The molecular weight excluding hydrogens is 290 g/mol. The number of carbonyl (C=O) groups is 2. The zero-order chi connectivity index (χ0) is 15.2. The second-order valence-corrected chi connectivity index (χ2v) is 5.61. The molecule has 1 unspecified atom stereocenters. The average Bonchev–Trinajstić information content (AvgIpc) is 2.47. The van der Waals surface area contributed by atoms with E-state index in [1.165, 1.54) is 0 Å². The Bertz CT molecular complexity index is 551. The Morgan fingerprint density at radius 2 is 1.95 bits per heavy atom. The van der Waals surface area contributed by atoms with Crippen molar-refractivity contribution in [3.8, 4) is 0 Å². The summed E-state index contributed by atoms with van der Waals surface area (Å²) in [5.74, 6) is -1.34. The van der Waals surface area contributed by atoms with Crippen LogP contribution >= 0.6 is 11.6 Å². The van der Waals surface area contributed by atoms with Crippen LogP contribution in [0, 0.1) is 0 Å². The van der Waals surface area contributed by atoms with Crippen LogP contribution in [0.15, 0.2) is 35.9 Å². The molecule has 0 spiro atoms. The second-order valence-electron chi connectivity index (χ2n) is 5.18. The van der Waals surface area contributed by atoms with Crippen LogP contribution in [0.2, 0.25) is 5.02 Å². The lowest BCUT2D eigenvalue weighted by Crippen LogP contribution is -2.33. The molecule has 0 aromatic heterocycles. The maximum absolute atomic E-state index is 12.0. The number of allylic oxidation sites excluding steroid dienone is 1. The lowest BCUT2D eigenvalue weighted by molar-refractivity contribution is -0.142. The Kier molecular flexibility index (Phi) is 5.39. The SMILES string of the molecule is O=C(CC1=CCCCC1)NC(C(=O)O)c1ccc(Cl)cc1. The molecular formula is C16H18ClNO3. The molecule has 2 N–H and O–H groups in total. The summed E-state index contributed by atoms with van der Waals surface area (Å²) in [6, 6.07) is 5.41. The highest BCUT2D eigenvalue weighted by Gasteiger charge is 2.22. The summed E-state index contributed by atoms with van der Waals surface area (Å²) >= 11 is 5.79. The van der Waals surface area contributed by atoms with Crippen molar-refractivity contribution in [3.05, 3.63) is 46.5 Å². The monoisotopic (exact) mass is 307 g/mol. The van der Waals surface area contributed by atoms with Crippen LogP contribution in [-0.4, -0.2) is 17.0 Å². The number of rotatable bonds is 5. The van der Waals surface area contributed by atoms with Gasteiger partial charge in [0.05, 0.1) is 0 Å². The van der Waals surface area contributed by atoms with Crippen LogP contribution in [0.3, 0.4) is 0 Å². The van der Waals surface area contributed by atoms with Crippen molar-refractivity contribution in [2.45, 2.75) is 38.1 Å². The smallest absolute Gasteiger partial charge is 0.330 e. The van der Waals surface area contributed by atoms with Gasteiger partial charge in [-0.3, -0.25) is 4.79 Å². The van der Waals surface area contributed by atoms with Gasteiger partial charge in [0.25, 0.3) is 0 Å². The zero-order valence-corrected chi connectivity index (χ0v) is 12.4. The fourth-order valence-electron chi connectivity index (χ4n) is 2.43. The van der Waals surface area contributed by atoms with E-state index in [2.05, 4.69) is 11.4 Å². The predicted octanol–water partition coefficient (Wildman–Crippen LogP) is 3.47. The molecule has 112 valence electrons. The van der Waals surface area contributed by atoms with E-state index >= 15 is 0 Å². The number of nitrogens with one attached hydrogen (secondary N) is 1. The van der Waals surface area contributed by atoms with Crippen LogP contribution < -0.4 is 5.32 Å². The molecule has 0 bridgehead atoms. The van der Waals surface area contributed by atoms with Crippen molar-refractivity contribution >= 4 is 23.5 Å². The van der Waals surface area contributed by atoms with Crippen LogP contribution in [0.1, 0.15) is 43.7 Å². The minimum atomic E-state index is -1.08. The first-order chi connectivity index (χ1) is 10.1. The van der Waals surface area contributed by atoms with E-state index in [0.717, 1.165) is 31.3 Å². The molecule has 1 atom stereocenters. The van der Waals surface area contributed by atoms with Gasteiger partial charge in [0.2, 0.25) is 5.91 Å². The van der Waals surface area contributed by atoms with Crippen LogP contribution in [0.5, 0.6) is 0 Å². The molecule has 1 aromatic carbocycles. The van der Waals surface area contributed by atoms with Gasteiger partial charge in [-0.2, -0.15) is 0 Å². The maximum Gasteiger partial charge on any atom is 0.330 e. The summed E-state index contributed by atoms with van der Waals surface area (Å²) in [4.78, 5) is 23.4. The molecule has 2 rings (SSSR count). The van der Waals surface area contributed by atoms with Crippen LogP contribution in [0.25, 0.3) is 0 Å². The van der Waals surface area contributed by atoms with Crippen molar-refractivity contribution in [1.29, 1.82) is 0 Å². The van der Waals surface area contributed by atoms with Gasteiger partial charge in [0.1, 0.15) is 0 Å². The molecule has 0 saturated heterocycles. The number of carboxylic acid groups (broad SMARTS) is 1. The van der Waals surface area contributed by atoms with Gasteiger partial charge < -0.3 is 10.4 Å². The van der Waals surface area contributed by atoms with Crippen molar-refractivity contribution in [2.75, 3.05) is 0 Å². The van der Waals surface area contributed by atoms with Crippen molar-refractivity contribution in [3.63, 3.8) is 0 Å². The Hall–Kier alpha value is -1.81. The average molecular weight is 308 g/mol. The Balaban J connectivity index is 2.02. The fourth-order valence-corrected chi connectivity index (χ4v) is 2.55. The summed E-state index contributed by atoms with van der Waals surface area (Å²) < 4.78 is 0. The van der Waals surface area contributed by atoms with E-state index in [1.54, 1.807) is 24.3 Å². The highest BCUT2D eigenvalue weighted by atomic mass is 35.5. The molecule has 1 aliphatic carbocycles. The number of benzene rings is 1. The van der Waals surface area contributed by atoms with Gasteiger partial charge in [0.15, 0.2) is 6.04 Å². The molecule has 0 saturated carbocycles. The quantitative estimate of drug-likeness (QED) is 0.819. The summed E-state index contributed by atoms with van der Waals surface area (Å²) in [6.07, 6.45) is 6.54. The molecule has 0 heterocycles. The molecule has 4 nitrogen and oxygen atoms in total. The van der Waals surface area contributed by atoms with Gasteiger partial charge in [-0.05, 0) is 43.4 Å². The molecule has 5 heteroatoms. The third kappa shape index (κ3) is 4.60. The largest absolute Gasteiger partial charge is 0.479 e. The maximum atomic E-state index is 12.0. The number of amides is 1. The third-order valence-electron chi connectivity index (χ3n) is 3.53. The Morgan fingerprint density at radius 1 is 1.24 bits per heavy atom. The van der Waals surface area contributed by atoms with E-state index < -0.39 is 12.0 Å². The number of aliphatic carboxylic acids is 1. The molecule has 21 heavy (non-hydrogen) atoms. The highest BCUT2D eigenvalue weighted by Crippen LogP contribution is 2.21. The van der Waals surface area contributed by atoms with Gasteiger partial charge in [0, 0.05) is 11.4 Å². The predicted molar refractivity (Wildman–Crippen MR) is 81.1 cm³/mol. The molecule has 0 radical (unpaired) electrons. The molecule has 0 aliphatic heterocycles. The first kappa shape index (κ1) is 15.6. The highest BCUT2D eigenvalue weighted by molar-refractivity contribution is 6.30. The standard InChI is InChI=1S/C16H18ClNO3/c17-13-8-6-12(7-9-13)15(16(20)21)18-14(19)10-11-4-2-1-3-5-11/h4,6-9,15H,1-3,5,10H2,(H,18,19)(H,20,21). The van der Waals surface area contributed by atoms with Crippen LogP contribution in [-0.2, 0) is 9.59 Å². The minimum absolute atomic E-state index is 0.259. The number of hydrogen-bond donors (Lipinski definition) is 2. The minimum Gasteiger partial charge on any atom is -0.479 e. The van der Waals surface area contributed by atoms with Gasteiger partial charge in [-0.15, -0.1) is 0 Å². The summed E-state index contributed by atoms with van der Waals surface area (Å²) in [5, 5.41) is 12.4. The third-order valence-corrected chi connectivity index (χ3v) is 3.78. The normalized spacial score (nSPS) is 16.0. The Morgan fingerprint density at radius 3 is 2.52 bits per heavy atom. The molecule has 0 fully saturated rings. The van der Waals surface area contributed by atoms with Crippen LogP contribution in [0.4, 0.5) is 0 Å².